The van der Waals surface area contributed by atoms with E-state index in [9.17, 15) is 19.5 Å². The number of amides is 1. The second kappa shape index (κ2) is 8.57. The Kier molecular flexibility index (Phi) is 7.09. The van der Waals surface area contributed by atoms with Gasteiger partial charge in [0.05, 0.1) is 5.92 Å². The summed E-state index contributed by atoms with van der Waals surface area (Å²) in [6.07, 6.45) is 0. The summed E-state index contributed by atoms with van der Waals surface area (Å²) in [4.78, 5) is 34.5. The number of benzene rings is 1. The first-order valence-corrected chi connectivity index (χ1v) is 8.16. The second-order valence-electron chi connectivity index (χ2n) is 5.36. The number of aliphatic carboxylic acids is 1. The molecule has 2 unspecified atom stereocenters. The molecule has 0 aliphatic rings. The van der Waals surface area contributed by atoms with Gasteiger partial charge in [0.15, 0.2) is 5.12 Å². The Balaban J connectivity index is 2.93. The zero-order valence-corrected chi connectivity index (χ0v) is 14.1. The number of thioether (sulfide) groups is 1. The van der Waals surface area contributed by atoms with Crippen molar-refractivity contribution in [1.29, 1.82) is 0 Å². The Bertz CT molecular complexity index is 572. The normalized spacial score (nSPS) is 14.6. The van der Waals surface area contributed by atoms with Gasteiger partial charge in [0.1, 0.15) is 11.8 Å². The molecule has 0 aliphatic heterocycles. The summed E-state index contributed by atoms with van der Waals surface area (Å²) in [6.45, 7) is 4.65. The van der Waals surface area contributed by atoms with Crippen LogP contribution in [0.3, 0.4) is 0 Å². The largest absolute Gasteiger partial charge is 0.508 e. The highest BCUT2D eigenvalue weighted by Gasteiger charge is 2.29. The van der Waals surface area contributed by atoms with Gasteiger partial charge < -0.3 is 15.5 Å². The van der Waals surface area contributed by atoms with E-state index in [4.69, 9.17) is 5.11 Å². The molecular weight excluding hydrogens is 318 g/mol. The maximum Gasteiger partial charge on any atom is 0.325 e. The molecule has 6 nitrogen and oxygen atoms in total. The predicted molar refractivity (Wildman–Crippen MR) is 88.4 cm³/mol. The number of phenolic OH excluding ortho intramolecular Hbond substituents is 1. The molecule has 0 radical (unpaired) electrons. The van der Waals surface area contributed by atoms with Gasteiger partial charge in [-0.05, 0) is 30.5 Å². The van der Waals surface area contributed by atoms with E-state index >= 15 is 0 Å². The van der Waals surface area contributed by atoms with Crippen molar-refractivity contribution in [3.05, 3.63) is 29.8 Å². The van der Waals surface area contributed by atoms with E-state index in [-0.39, 0.29) is 22.5 Å². The van der Waals surface area contributed by atoms with Crippen molar-refractivity contribution in [3.8, 4) is 5.75 Å². The molecule has 1 aromatic carbocycles. The first-order chi connectivity index (χ1) is 10.7. The summed E-state index contributed by atoms with van der Waals surface area (Å²) in [5.41, 5.74) is 0.829. The van der Waals surface area contributed by atoms with E-state index in [1.807, 2.05) is 6.92 Å². The minimum absolute atomic E-state index is 0.105. The monoisotopic (exact) mass is 339 g/mol. The Labute approximate surface area is 139 Å². The van der Waals surface area contributed by atoms with Crippen molar-refractivity contribution in [2.75, 3.05) is 5.75 Å². The van der Waals surface area contributed by atoms with Crippen LogP contribution in [0.1, 0.15) is 32.3 Å². The quantitative estimate of drug-likeness (QED) is 0.702. The molecule has 0 bridgehead atoms. The Morgan fingerprint density at radius 2 is 1.74 bits per heavy atom. The number of carbonyl (C=O) groups is 3. The smallest absolute Gasteiger partial charge is 0.325 e. The molecule has 23 heavy (non-hydrogen) atoms. The fourth-order valence-corrected chi connectivity index (χ4v) is 2.90. The van der Waals surface area contributed by atoms with Crippen LogP contribution in [0.15, 0.2) is 24.3 Å². The van der Waals surface area contributed by atoms with Gasteiger partial charge in [-0.25, -0.2) is 0 Å². The lowest BCUT2D eigenvalue weighted by Crippen LogP contribution is -2.43. The summed E-state index contributed by atoms with van der Waals surface area (Å²) >= 11 is 1.03. The van der Waals surface area contributed by atoms with Gasteiger partial charge in [0.2, 0.25) is 5.91 Å². The summed E-state index contributed by atoms with van der Waals surface area (Å²) in [6, 6.07) is 5.47. The highest BCUT2D eigenvalue weighted by Crippen LogP contribution is 2.29. The molecule has 1 aromatic rings. The van der Waals surface area contributed by atoms with E-state index in [0.29, 0.717) is 0 Å². The van der Waals surface area contributed by atoms with Gasteiger partial charge in [-0.15, -0.1) is 0 Å². The third-order valence-electron chi connectivity index (χ3n) is 3.55. The molecule has 1 rings (SSSR count). The van der Waals surface area contributed by atoms with Crippen molar-refractivity contribution in [3.63, 3.8) is 0 Å². The van der Waals surface area contributed by atoms with E-state index in [1.165, 1.54) is 26.0 Å². The SMILES string of the molecule is CC(=O)SCC(C(=O)N[C@@H](C)C(=O)O)C(C)c1ccc(O)cc1. The van der Waals surface area contributed by atoms with Crippen molar-refractivity contribution in [1.82, 2.24) is 5.32 Å². The van der Waals surface area contributed by atoms with Crippen LogP contribution in [0, 0.1) is 5.92 Å². The fraction of sp³-hybridized carbons (Fsp3) is 0.438. The molecule has 0 saturated carbocycles. The number of phenols is 1. The minimum atomic E-state index is -1.12. The number of carboxylic acids is 1. The van der Waals surface area contributed by atoms with Crippen LogP contribution in [-0.4, -0.2) is 39.0 Å². The maximum absolute atomic E-state index is 12.4. The summed E-state index contributed by atoms with van der Waals surface area (Å²) in [5, 5.41) is 20.6. The van der Waals surface area contributed by atoms with Crippen LogP contribution < -0.4 is 5.32 Å². The van der Waals surface area contributed by atoms with Crippen LogP contribution in [-0.2, 0) is 14.4 Å². The number of hydrogen-bond donors (Lipinski definition) is 3. The lowest BCUT2D eigenvalue weighted by molar-refractivity contribution is -0.141. The molecule has 3 atom stereocenters. The second-order valence-corrected chi connectivity index (χ2v) is 6.55. The maximum atomic E-state index is 12.4. The number of carbonyl (C=O) groups excluding carboxylic acids is 2. The number of nitrogens with one attached hydrogen (secondary N) is 1. The zero-order chi connectivity index (χ0) is 17.6. The van der Waals surface area contributed by atoms with Gasteiger partial charge in [-0.3, -0.25) is 14.4 Å². The van der Waals surface area contributed by atoms with Crippen LogP contribution in [0.4, 0.5) is 0 Å². The third kappa shape index (κ3) is 5.94. The standard InChI is InChI=1S/C16H21NO5S/c1-9(12-4-6-13(19)7-5-12)14(8-23-11(3)18)15(20)17-10(2)16(21)22/h4-7,9-10,14,19H,8H2,1-3H3,(H,17,20)(H,21,22)/t9?,10-,14?/m0/s1. The molecule has 0 aliphatic carbocycles. The van der Waals surface area contributed by atoms with Crippen LogP contribution >= 0.6 is 11.8 Å². The lowest BCUT2D eigenvalue weighted by Gasteiger charge is -2.24. The zero-order valence-electron chi connectivity index (χ0n) is 13.3. The Hall–Kier alpha value is -2.02. The van der Waals surface area contributed by atoms with Crippen molar-refractivity contribution in [2.45, 2.75) is 32.7 Å². The molecule has 0 aromatic heterocycles. The Morgan fingerprint density at radius 3 is 2.22 bits per heavy atom. The topological polar surface area (TPSA) is 104 Å². The molecule has 0 fully saturated rings. The van der Waals surface area contributed by atoms with Crippen LogP contribution in [0.2, 0.25) is 0 Å². The average Bonchev–Trinajstić information content (AvgIpc) is 2.47. The number of rotatable bonds is 7. The van der Waals surface area contributed by atoms with Gasteiger partial charge in [-0.2, -0.15) is 0 Å². The fourth-order valence-electron chi connectivity index (χ4n) is 2.05. The predicted octanol–water partition coefficient (Wildman–Crippen LogP) is 1.98. The Morgan fingerprint density at radius 1 is 1.17 bits per heavy atom. The van der Waals surface area contributed by atoms with Gasteiger partial charge >= 0.3 is 5.97 Å². The van der Waals surface area contributed by atoms with E-state index < -0.39 is 23.8 Å². The molecule has 0 spiro atoms. The first kappa shape index (κ1) is 19.0. The number of hydrogen-bond acceptors (Lipinski definition) is 5. The van der Waals surface area contributed by atoms with Gasteiger partial charge in [0.25, 0.3) is 0 Å². The summed E-state index contributed by atoms with van der Waals surface area (Å²) in [5.74, 6) is -1.93. The van der Waals surface area contributed by atoms with E-state index in [1.54, 1.807) is 12.1 Å². The van der Waals surface area contributed by atoms with Crippen molar-refractivity contribution in [2.24, 2.45) is 5.92 Å². The van der Waals surface area contributed by atoms with Gasteiger partial charge in [0, 0.05) is 12.7 Å². The number of aromatic hydroxyl groups is 1. The van der Waals surface area contributed by atoms with Crippen LogP contribution in [0.5, 0.6) is 5.75 Å². The average molecular weight is 339 g/mol. The van der Waals surface area contributed by atoms with Gasteiger partial charge in [-0.1, -0.05) is 30.8 Å². The molecule has 1 amide bonds. The van der Waals surface area contributed by atoms with Crippen molar-refractivity contribution >= 4 is 28.8 Å². The molecular formula is C16H21NO5S. The lowest BCUT2D eigenvalue weighted by atomic mass is 9.88. The molecule has 0 heterocycles. The third-order valence-corrected chi connectivity index (χ3v) is 4.49. The first-order valence-electron chi connectivity index (χ1n) is 7.17. The van der Waals surface area contributed by atoms with E-state index in [2.05, 4.69) is 5.32 Å². The summed E-state index contributed by atoms with van der Waals surface area (Å²) in [7, 11) is 0. The number of carboxylic acid groups (broad SMARTS) is 1. The van der Waals surface area contributed by atoms with Crippen LogP contribution in [0.25, 0.3) is 0 Å². The highest BCUT2D eigenvalue weighted by atomic mass is 32.2. The van der Waals surface area contributed by atoms with E-state index in [0.717, 1.165) is 17.3 Å². The molecule has 126 valence electrons. The molecule has 0 saturated heterocycles. The molecule has 3 N–H and O–H groups in total. The minimum Gasteiger partial charge on any atom is -0.508 e. The molecule has 7 heteroatoms. The van der Waals surface area contributed by atoms with Crippen molar-refractivity contribution < 1.29 is 24.6 Å². The highest BCUT2D eigenvalue weighted by molar-refractivity contribution is 8.13. The summed E-state index contributed by atoms with van der Waals surface area (Å²) < 4.78 is 0.